The topological polar surface area (TPSA) is 42.2 Å². The van der Waals surface area contributed by atoms with Gasteiger partial charge in [0.05, 0.1) is 6.20 Å². The van der Waals surface area contributed by atoms with Crippen LogP contribution in [0, 0.1) is 0 Å². The number of aromatic nitrogens is 3. The Morgan fingerprint density at radius 2 is 1.59 bits per heavy atom. The van der Waals surface area contributed by atoms with Gasteiger partial charge in [-0.05, 0) is 67.9 Å². The number of fused-ring (bicyclic) bond motifs is 1. The largest absolute Gasteiger partial charge is 0.367 e. The van der Waals surface area contributed by atoms with Crippen molar-refractivity contribution in [3.63, 3.8) is 0 Å². The van der Waals surface area contributed by atoms with E-state index in [1.54, 1.807) is 0 Å². The Hall–Kier alpha value is -3.14. The maximum Gasteiger partial charge on any atom is 0.157 e. The fourth-order valence-corrected chi connectivity index (χ4v) is 4.16. The molecule has 0 saturated heterocycles. The van der Waals surface area contributed by atoms with Crippen LogP contribution >= 0.6 is 0 Å². The van der Waals surface area contributed by atoms with Crippen LogP contribution in [0.2, 0.25) is 0 Å². The summed E-state index contributed by atoms with van der Waals surface area (Å²) in [6.45, 7) is 4.33. The molecule has 0 aliphatic heterocycles. The molecule has 2 aromatic carbocycles. The van der Waals surface area contributed by atoms with Gasteiger partial charge in [-0.2, -0.15) is 0 Å². The zero-order valence-corrected chi connectivity index (χ0v) is 17.0. The van der Waals surface area contributed by atoms with Crippen LogP contribution in [0.1, 0.15) is 36.1 Å². The summed E-state index contributed by atoms with van der Waals surface area (Å²) in [7, 11) is 0. The van der Waals surface area contributed by atoms with E-state index in [2.05, 4.69) is 71.0 Å². The van der Waals surface area contributed by atoms with E-state index >= 15 is 0 Å². The highest BCUT2D eigenvalue weighted by molar-refractivity contribution is 5.79. The maximum atomic E-state index is 4.99. The molecule has 4 bridgehead atoms. The number of nitrogens with zero attached hydrogens (tertiary/aromatic N) is 3. The lowest BCUT2D eigenvalue weighted by Gasteiger charge is -2.16. The average molecular weight is 383 g/mol. The molecule has 146 valence electrons. The number of nitrogens with one attached hydrogen (secondary N) is 1. The molecule has 29 heavy (non-hydrogen) atoms. The van der Waals surface area contributed by atoms with Crippen LogP contribution in [0.25, 0.3) is 16.9 Å². The van der Waals surface area contributed by atoms with Gasteiger partial charge in [-0.15, -0.1) is 0 Å². The van der Waals surface area contributed by atoms with Crippen LogP contribution < -0.4 is 5.32 Å². The molecule has 4 heteroatoms. The predicted molar refractivity (Wildman–Crippen MR) is 118 cm³/mol. The van der Waals surface area contributed by atoms with Gasteiger partial charge in [0.1, 0.15) is 11.5 Å². The Morgan fingerprint density at radius 1 is 0.897 bits per heavy atom. The Bertz CT molecular complexity index is 1160. The molecule has 0 spiro atoms. The predicted octanol–water partition coefficient (Wildman–Crippen LogP) is 5.10. The SMILES string of the molecule is CC(C)Nc1c(-c2cc3ccc2CCc2ccc(cc2)CC3)nc2cnccn12. The normalized spacial score (nSPS) is 13.6. The third kappa shape index (κ3) is 3.51. The van der Waals surface area contributed by atoms with Crippen molar-refractivity contribution >= 4 is 11.5 Å². The number of imidazole rings is 1. The second-order valence-electron chi connectivity index (χ2n) is 8.22. The maximum absolute atomic E-state index is 4.99. The van der Waals surface area contributed by atoms with Gasteiger partial charge in [-0.25, -0.2) is 4.98 Å². The zero-order chi connectivity index (χ0) is 19.8. The minimum atomic E-state index is 0.317. The van der Waals surface area contributed by atoms with Gasteiger partial charge in [0.2, 0.25) is 0 Å². The van der Waals surface area contributed by atoms with Crippen molar-refractivity contribution in [3.05, 3.63) is 83.3 Å². The lowest BCUT2D eigenvalue weighted by molar-refractivity contribution is 0.884. The lowest BCUT2D eigenvalue weighted by atomic mass is 9.92. The van der Waals surface area contributed by atoms with Crippen LogP contribution in [0.4, 0.5) is 5.82 Å². The molecule has 0 saturated carbocycles. The van der Waals surface area contributed by atoms with Crippen molar-refractivity contribution in [2.75, 3.05) is 5.32 Å². The van der Waals surface area contributed by atoms with Gasteiger partial charge >= 0.3 is 0 Å². The second-order valence-corrected chi connectivity index (χ2v) is 8.22. The first-order valence-corrected chi connectivity index (χ1v) is 10.5. The Kier molecular flexibility index (Phi) is 4.55. The van der Waals surface area contributed by atoms with Crippen molar-refractivity contribution in [1.29, 1.82) is 0 Å². The molecular weight excluding hydrogens is 356 g/mol. The van der Waals surface area contributed by atoms with Crippen molar-refractivity contribution in [2.24, 2.45) is 0 Å². The molecule has 0 atom stereocenters. The molecule has 4 aromatic rings. The molecule has 0 radical (unpaired) electrons. The molecule has 4 nitrogen and oxygen atoms in total. The number of benzene rings is 2. The number of anilines is 1. The number of hydrogen-bond acceptors (Lipinski definition) is 3. The summed E-state index contributed by atoms with van der Waals surface area (Å²) in [4.78, 5) is 9.26. The van der Waals surface area contributed by atoms with E-state index in [0.717, 1.165) is 42.8 Å². The van der Waals surface area contributed by atoms with E-state index in [1.165, 1.54) is 27.8 Å². The van der Waals surface area contributed by atoms with Gasteiger partial charge in [0.15, 0.2) is 5.65 Å². The highest BCUT2D eigenvalue weighted by Crippen LogP contribution is 2.33. The summed E-state index contributed by atoms with van der Waals surface area (Å²) in [5.41, 5.74) is 8.64. The van der Waals surface area contributed by atoms with E-state index in [0.29, 0.717) is 6.04 Å². The van der Waals surface area contributed by atoms with Gasteiger partial charge < -0.3 is 5.32 Å². The monoisotopic (exact) mass is 382 g/mol. The van der Waals surface area contributed by atoms with Gasteiger partial charge in [-0.3, -0.25) is 9.38 Å². The molecule has 2 aromatic heterocycles. The number of hydrogen-bond donors (Lipinski definition) is 1. The average Bonchev–Trinajstić information content (AvgIpc) is 3.08. The van der Waals surface area contributed by atoms with Gasteiger partial charge in [0.25, 0.3) is 0 Å². The lowest BCUT2D eigenvalue weighted by Crippen LogP contribution is -2.12. The molecule has 2 heterocycles. The molecular formula is C25H26N4. The zero-order valence-electron chi connectivity index (χ0n) is 17.0. The smallest absolute Gasteiger partial charge is 0.157 e. The van der Waals surface area contributed by atoms with Crippen LogP contribution in [0.5, 0.6) is 0 Å². The third-order valence-electron chi connectivity index (χ3n) is 5.69. The van der Waals surface area contributed by atoms with Crippen molar-refractivity contribution in [1.82, 2.24) is 14.4 Å². The first-order valence-electron chi connectivity index (χ1n) is 10.5. The van der Waals surface area contributed by atoms with Crippen molar-refractivity contribution in [3.8, 4) is 11.3 Å². The first-order chi connectivity index (χ1) is 14.2. The molecule has 8 rings (SSSR count). The van der Waals surface area contributed by atoms with Gasteiger partial charge in [-0.1, -0.05) is 36.4 Å². The van der Waals surface area contributed by atoms with Crippen LogP contribution in [-0.4, -0.2) is 20.4 Å². The molecule has 0 amide bonds. The van der Waals surface area contributed by atoms with E-state index in [-0.39, 0.29) is 0 Å². The summed E-state index contributed by atoms with van der Waals surface area (Å²) >= 11 is 0. The third-order valence-corrected chi connectivity index (χ3v) is 5.69. The van der Waals surface area contributed by atoms with Gasteiger partial charge in [0, 0.05) is 24.0 Å². The summed E-state index contributed by atoms with van der Waals surface area (Å²) in [6.07, 6.45) is 9.77. The Morgan fingerprint density at radius 3 is 2.34 bits per heavy atom. The molecule has 4 aliphatic carbocycles. The van der Waals surface area contributed by atoms with Crippen LogP contribution in [0.15, 0.2) is 61.1 Å². The van der Waals surface area contributed by atoms with E-state index in [1.807, 2.05) is 18.6 Å². The Labute approximate surface area is 171 Å². The number of aryl methyl sites for hydroxylation is 4. The molecule has 1 N–H and O–H groups in total. The summed E-state index contributed by atoms with van der Waals surface area (Å²) in [6, 6.07) is 16.4. The number of rotatable bonds is 3. The van der Waals surface area contributed by atoms with Crippen molar-refractivity contribution in [2.45, 2.75) is 45.6 Å². The van der Waals surface area contributed by atoms with Crippen LogP contribution in [0.3, 0.4) is 0 Å². The second kappa shape index (κ2) is 7.36. The first kappa shape index (κ1) is 17.9. The minimum absolute atomic E-state index is 0.317. The Balaban J connectivity index is 1.66. The van der Waals surface area contributed by atoms with E-state index in [9.17, 15) is 0 Å². The standard InChI is InChI=1S/C25H26N4/c1-17(2)27-25-24(28-23-16-26-13-14-29(23)25)22-15-20-8-7-18-3-5-19(6-4-18)9-11-21(22)12-10-20/h3-6,10,12-17,27H,7-9,11H2,1-2H3. The fourth-order valence-electron chi connectivity index (χ4n) is 4.16. The van der Waals surface area contributed by atoms with E-state index in [4.69, 9.17) is 4.98 Å². The summed E-state index contributed by atoms with van der Waals surface area (Å²) in [5.74, 6) is 1.05. The van der Waals surface area contributed by atoms with E-state index < -0.39 is 0 Å². The highest BCUT2D eigenvalue weighted by atomic mass is 15.1. The molecule has 0 fully saturated rings. The quantitative estimate of drug-likeness (QED) is 0.536. The summed E-state index contributed by atoms with van der Waals surface area (Å²) in [5, 5.41) is 3.62. The van der Waals surface area contributed by atoms with Crippen LogP contribution in [-0.2, 0) is 25.7 Å². The highest BCUT2D eigenvalue weighted by Gasteiger charge is 2.18. The summed E-state index contributed by atoms with van der Waals surface area (Å²) < 4.78 is 2.11. The minimum Gasteiger partial charge on any atom is -0.367 e. The van der Waals surface area contributed by atoms with Crippen molar-refractivity contribution < 1.29 is 0 Å². The molecule has 4 aliphatic rings. The fraction of sp³-hybridized carbons (Fsp3) is 0.280. The molecule has 0 unspecified atom stereocenters.